The number of halogens is 3. The molecule has 1 heterocycles. The second-order valence-corrected chi connectivity index (χ2v) is 6.06. The van der Waals surface area contributed by atoms with Crippen LogP contribution in [0.5, 0.6) is 0 Å². The summed E-state index contributed by atoms with van der Waals surface area (Å²) >= 11 is 1.70. The third kappa shape index (κ3) is 4.84. The Morgan fingerprint density at radius 2 is 1.86 bits per heavy atom. The molecule has 2 rings (SSSR count). The van der Waals surface area contributed by atoms with E-state index in [-0.39, 0.29) is 6.42 Å². The monoisotopic (exact) mass is 318 g/mol. The Balaban J connectivity index is 2.01. The van der Waals surface area contributed by atoms with Crippen LogP contribution >= 0.6 is 11.8 Å². The molecule has 7 heteroatoms. The minimum atomic E-state index is -4.46. The van der Waals surface area contributed by atoms with Crippen LogP contribution in [0.4, 0.5) is 18.0 Å². The molecule has 1 N–H and O–H groups in total. The third-order valence-corrected chi connectivity index (χ3v) is 4.22. The van der Waals surface area contributed by atoms with Gasteiger partial charge in [-0.05, 0) is 5.56 Å². The van der Waals surface area contributed by atoms with Crippen LogP contribution < -0.4 is 5.32 Å². The number of nitrogens with zero attached hydrogens (tertiary/aromatic N) is 1. The molecule has 1 aromatic carbocycles. The minimum Gasteiger partial charge on any atom is -0.326 e. The highest BCUT2D eigenvalue weighted by atomic mass is 32.2. The van der Waals surface area contributed by atoms with E-state index in [0.29, 0.717) is 18.7 Å². The molecule has 1 aliphatic heterocycles. The number of alkyl halides is 3. The maximum atomic E-state index is 13.1. The number of carbonyl (C=O) groups is 1. The van der Waals surface area contributed by atoms with E-state index in [1.807, 2.05) is 0 Å². The molecular formula is C14H17F3N2OS. The summed E-state index contributed by atoms with van der Waals surface area (Å²) in [6.45, 7) is 0.985. The van der Waals surface area contributed by atoms with Crippen LogP contribution in [0.15, 0.2) is 30.3 Å². The highest BCUT2D eigenvalue weighted by Crippen LogP contribution is 2.23. The molecule has 0 unspecified atom stereocenters. The van der Waals surface area contributed by atoms with E-state index < -0.39 is 18.2 Å². The molecule has 0 radical (unpaired) electrons. The second kappa shape index (κ2) is 7.06. The number of rotatable bonds is 3. The second-order valence-electron chi connectivity index (χ2n) is 4.83. The van der Waals surface area contributed by atoms with Crippen molar-refractivity contribution in [3.63, 3.8) is 0 Å². The zero-order chi connectivity index (χ0) is 15.3. The van der Waals surface area contributed by atoms with Crippen LogP contribution in [0.2, 0.25) is 0 Å². The van der Waals surface area contributed by atoms with Crippen molar-refractivity contribution in [2.45, 2.75) is 18.6 Å². The first-order chi connectivity index (χ1) is 9.97. The fraction of sp³-hybridized carbons (Fsp3) is 0.500. The van der Waals surface area contributed by atoms with Gasteiger partial charge in [-0.25, -0.2) is 4.79 Å². The molecule has 0 aliphatic carbocycles. The Bertz CT molecular complexity index is 461. The van der Waals surface area contributed by atoms with Crippen molar-refractivity contribution in [3.8, 4) is 0 Å². The average molecular weight is 318 g/mol. The lowest BCUT2D eigenvalue weighted by Crippen LogP contribution is -2.53. The summed E-state index contributed by atoms with van der Waals surface area (Å²) in [4.78, 5) is 13.4. The first kappa shape index (κ1) is 16.0. The largest absolute Gasteiger partial charge is 0.408 e. The van der Waals surface area contributed by atoms with Crippen molar-refractivity contribution in [1.82, 2.24) is 10.2 Å². The van der Waals surface area contributed by atoms with Crippen molar-refractivity contribution < 1.29 is 18.0 Å². The molecule has 1 aromatic rings. The number of thioether (sulfide) groups is 1. The highest BCUT2D eigenvalue weighted by molar-refractivity contribution is 7.99. The standard InChI is InChI=1S/C14H17F3N2OS/c15-14(16,17)12(10-11-4-2-1-3-5-11)18-13(20)19-6-8-21-9-7-19/h1-5,12H,6-10H2,(H,18,20)/t12-/m1/s1. The molecule has 1 aliphatic rings. The van der Waals surface area contributed by atoms with E-state index in [2.05, 4.69) is 5.32 Å². The van der Waals surface area contributed by atoms with Gasteiger partial charge >= 0.3 is 12.2 Å². The lowest BCUT2D eigenvalue weighted by atomic mass is 10.1. The molecule has 2 amide bonds. The van der Waals surface area contributed by atoms with E-state index in [9.17, 15) is 18.0 Å². The van der Waals surface area contributed by atoms with Gasteiger partial charge in [0, 0.05) is 31.0 Å². The van der Waals surface area contributed by atoms with Crippen molar-refractivity contribution in [2.24, 2.45) is 0 Å². The minimum absolute atomic E-state index is 0.251. The van der Waals surface area contributed by atoms with Crippen LogP contribution in [0.1, 0.15) is 5.56 Å². The van der Waals surface area contributed by atoms with Gasteiger partial charge in [0.05, 0.1) is 0 Å². The number of nitrogens with one attached hydrogen (secondary N) is 1. The molecule has 1 atom stereocenters. The summed E-state index contributed by atoms with van der Waals surface area (Å²) in [5.74, 6) is 1.53. The smallest absolute Gasteiger partial charge is 0.326 e. The summed E-state index contributed by atoms with van der Waals surface area (Å²) in [5.41, 5.74) is 0.550. The maximum absolute atomic E-state index is 13.1. The average Bonchev–Trinajstić information content (AvgIpc) is 2.47. The summed E-state index contributed by atoms with van der Waals surface area (Å²) in [6, 6.07) is 5.88. The lowest BCUT2D eigenvalue weighted by Gasteiger charge is -2.30. The Morgan fingerprint density at radius 3 is 2.43 bits per heavy atom. The predicted molar refractivity (Wildman–Crippen MR) is 77.4 cm³/mol. The topological polar surface area (TPSA) is 32.3 Å². The third-order valence-electron chi connectivity index (χ3n) is 3.27. The van der Waals surface area contributed by atoms with Crippen molar-refractivity contribution in [2.75, 3.05) is 24.6 Å². The van der Waals surface area contributed by atoms with E-state index >= 15 is 0 Å². The van der Waals surface area contributed by atoms with Gasteiger partial charge in [0.15, 0.2) is 0 Å². The van der Waals surface area contributed by atoms with Gasteiger partial charge in [0.2, 0.25) is 0 Å². The summed E-state index contributed by atoms with van der Waals surface area (Å²) in [5, 5.41) is 2.13. The van der Waals surface area contributed by atoms with Crippen LogP contribution in [-0.2, 0) is 6.42 Å². The maximum Gasteiger partial charge on any atom is 0.408 e. The van der Waals surface area contributed by atoms with Crippen molar-refractivity contribution in [3.05, 3.63) is 35.9 Å². The molecule has 0 bridgehead atoms. The zero-order valence-electron chi connectivity index (χ0n) is 11.4. The van der Waals surface area contributed by atoms with Crippen LogP contribution in [-0.4, -0.2) is 47.7 Å². The fourth-order valence-corrected chi connectivity index (χ4v) is 3.01. The van der Waals surface area contributed by atoms with Gasteiger partial charge in [-0.2, -0.15) is 24.9 Å². The lowest BCUT2D eigenvalue weighted by molar-refractivity contribution is -0.153. The van der Waals surface area contributed by atoms with Gasteiger partial charge in [0.1, 0.15) is 6.04 Å². The van der Waals surface area contributed by atoms with Crippen LogP contribution in [0, 0.1) is 0 Å². The normalized spacial score (nSPS) is 17.4. The zero-order valence-corrected chi connectivity index (χ0v) is 12.2. The first-order valence-corrected chi connectivity index (χ1v) is 7.86. The Kier molecular flexibility index (Phi) is 5.39. The molecule has 1 saturated heterocycles. The highest BCUT2D eigenvalue weighted by Gasteiger charge is 2.41. The molecule has 116 valence electrons. The number of carbonyl (C=O) groups excluding carboxylic acids is 1. The molecule has 0 saturated carbocycles. The number of amides is 2. The van der Waals surface area contributed by atoms with E-state index in [4.69, 9.17) is 0 Å². The molecule has 0 spiro atoms. The SMILES string of the molecule is O=C(N[C@H](Cc1ccccc1)C(F)(F)F)N1CCSCC1. The van der Waals surface area contributed by atoms with Gasteiger partial charge < -0.3 is 10.2 Å². The Hall–Kier alpha value is -1.37. The Labute approximate surface area is 125 Å². The quantitative estimate of drug-likeness (QED) is 0.929. The molecular weight excluding hydrogens is 301 g/mol. The summed E-state index contributed by atoms with van der Waals surface area (Å²) in [6.07, 6.45) is -4.71. The van der Waals surface area contributed by atoms with Gasteiger partial charge in [-0.1, -0.05) is 30.3 Å². The molecule has 3 nitrogen and oxygen atoms in total. The Morgan fingerprint density at radius 1 is 1.24 bits per heavy atom. The van der Waals surface area contributed by atoms with Crippen molar-refractivity contribution >= 4 is 17.8 Å². The van der Waals surface area contributed by atoms with E-state index in [0.717, 1.165) is 11.5 Å². The summed E-state index contributed by atoms with van der Waals surface area (Å²) < 4.78 is 39.3. The van der Waals surface area contributed by atoms with Crippen LogP contribution in [0.3, 0.4) is 0 Å². The number of hydrogen-bond donors (Lipinski definition) is 1. The number of urea groups is 1. The first-order valence-electron chi connectivity index (χ1n) is 6.70. The summed E-state index contributed by atoms with van der Waals surface area (Å²) in [7, 11) is 0. The van der Waals surface area contributed by atoms with Crippen molar-refractivity contribution in [1.29, 1.82) is 0 Å². The van der Waals surface area contributed by atoms with E-state index in [1.165, 1.54) is 4.90 Å². The number of hydrogen-bond acceptors (Lipinski definition) is 2. The van der Waals surface area contributed by atoms with Gasteiger partial charge in [-0.3, -0.25) is 0 Å². The molecule has 21 heavy (non-hydrogen) atoms. The molecule has 1 fully saturated rings. The van der Waals surface area contributed by atoms with Crippen LogP contribution in [0.25, 0.3) is 0 Å². The molecule has 0 aromatic heterocycles. The van der Waals surface area contributed by atoms with Gasteiger partial charge in [0.25, 0.3) is 0 Å². The van der Waals surface area contributed by atoms with E-state index in [1.54, 1.807) is 42.1 Å². The fourth-order valence-electron chi connectivity index (χ4n) is 2.11. The van der Waals surface area contributed by atoms with Gasteiger partial charge in [-0.15, -0.1) is 0 Å². The predicted octanol–water partition coefficient (Wildman–Crippen LogP) is 2.92. The number of benzene rings is 1.